The molecule has 0 fully saturated rings. The first kappa shape index (κ1) is 27.7. The van der Waals surface area contributed by atoms with Crippen LogP contribution < -0.4 is 0 Å². The maximum atomic E-state index is 10.4. The number of aliphatic hydroxyl groups is 1. The van der Waals surface area contributed by atoms with Gasteiger partial charge in [0, 0.05) is 10.4 Å². The number of halogens is 1. The summed E-state index contributed by atoms with van der Waals surface area (Å²) in [5.41, 5.74) is 5.17. The Labute approximate surface area is 214 Å². The Morgan fingerprint density at radius 3 is 2.44 bits per heavy atom. The number of hydrogen-bond acceptors (Lipinski definition) is 3. The summed E-state index contributed by atoms with van der Waals surface area (Å²) >= 11 is 9.62. The van der Waals surface area contributed by atoms with Crippen molar-refractivity contribution in [3.63, 3.8) is 0 Å². The van der Waals surface area contributed by atoms with Crippen molar-refractivity contribution >= 4 is 47.3 Å². The van der Waals surface area contributed by atoms with Gasteiger partial charge >= 0.3 is 0 Å². The molecule has 0 bridgehead atoms. The number of benzene rings is 2. The molecule has 0 saturated heterocycles. The Hall–Kier alpha value is -2.59. The van der Waals surface area contributed by atoms with Gasteiger partial charge < -0.3 is 5.11 Å². The minimum atomic E-state index is -0.919. The third-order valence-electron chi connectivity index (χ3n) is 5.44. The highest BCUT2D eigenvalue weighted by molar-refractivity contribution is 7.79. The molecule has 2 nitrogen and oxygen atoms in total. The second-order valence-electron chi connectivity index (χ2n) is 8.41. The van der Waals surface area contributed by atoms with Gasteiger partial charge in [-0.3, -0.25) is 0 Å². The molecular formula is C30H34ClNOS. The fourth-order valence-electron chi connectivity index (χ4n) is 3.84. The molecule has 0 aliphatic heterocycles. The van der Waals surface area contributed by atoms with Crippen LogP contribution in [0.15, 0.2) is 91.1 Å². The van der Waals surface area contributed by atoms with E-state index in [-0.39, 0.29) is 0 Å². The van der Waals surface area contributed by atoms with E-state index < -0.39 is 5.60 Å². The predicted octanol–water partition coefficient (Wildman–Crippen LogP) is 8.37. The first-order valence-electron chi connectivity index (χ1n) is 11.3. The topological polar surface area (TPSA) is 33.1 Å². The molecule has 1 N–H and O–H groups in total. The summed E-state index contributed by atoms with van der Waals surface area (Å²) in [6.45, 7) is 11.3. The van der Waals surface area contributed by atoms with E-state index in [0.29, 0.717) is 5.02 Å². The van der Waals surface area contributed by atoms with Crippen molar-refractivity contribution in [3.05, 3.63) is 113 Å². The number of fused-ring (bicyclic) bond motifs is 1. The lowest BCUT2D eigenvalue weighted by Gasteiger charge is -2.22. The minimum absolute atomic E-state index is 0.691. The van der Waals surface area contributed by atoms with Crippen molar-refractivity contribution < 1.29 is 5.11 Å². The molecule has 0 aliphatic carbocycles. The largest absolute Gasteiger partial charge is 0.386 e. The van der Waals surface area contributed by atoms with Gasteiger partial charge in [0.05, 0.1) is 16.8 Å². The molecule has 0 amide bonds. The van der Waals surface area contributed by atoms with Gasteiger partial charge in [0.2, 0.25) is 0 Å². The number of allylic oxidation sites excluding steroid dienone is 2. The van der Waals surface area contributed by atoms with Gasteiger partial charge in [-0.15, -0.1) is 0 Å². The molecule has 2 aromatic carbocycles. The van der Waals surface area contributed by atoms with Crippen LogP contribution in [0.25, 0.3) is 23.1 Å². The summed E-state index contributed by atoms with van der Waals surface area (Å²) in [5, 5.41) is 12.1. The molecule has 0 atom stereocenters. The number of hydrogen-bond donors (Lipinski definition) is 2. The third kappa shape index (κ3) is 8.02. The zero-order chi connectivity index (χ0) is 25.1. The van der Waals surface area contributed by atoms with Crippen LogP contribution in [0.5, 0.6) is 0 Å². The maximum absolute atomic E-state index is 10.4. The van der Waals surface area contributed by atoms with Crippen LogP contribution >= 0.6 is 24.2 Å². The number of nitrogens with zero attached hydrogens (tertiary/aromatic N) is 1. The minimum Gasteiger partial charge on any atom is -0.386 e. The van der Waals surface area contributed by atoms with Crippen molar-refractivity contribution in [3.8, 4) is 0 Å². The van der Waals surface area contributed by atoms with Crippen LogP contribution in [0.1, 0.15) is 43.5 Å². The lowest BCUT2D eigenvalue weighted by atomic mass is 9.90. The molecule has 0 saturated carbocycles. The average molecular weight is 492 g/mol. The lowest BCUT2D eigenvalue weighted by molar-refractivity contribution is 0.122. The number of thiol groups is 1. The maximum Gasteiger partial charge on any atom is 0.0842 e. The quantitative estimate of drug-likeness (QED) is 0.233. The van der Waals surface area contributed by atoms with Crippen LogP contribution in [0, 0.1) is 0 Å². The van der Waals surface area contributed by atoms with Crippen molar-refractivity contribution in [2.75, 3.05) is 6.26 Å². The summed E-state index contributed by atoms with van der Waals surface area (Å²) in [7, 11) is 0. The number of rotatable bonds is 9. The van der Waals surface area contributed by atoms with Crippen molar-refractivity contribution in [2.45, 2.75) is 38.7 Å². The summed E-state index contributed by atoms with van der Waals surface area (Å²) in [4.78, 5) is 4.68. The van der Waals surface area contributed by atoms with Gasteiger partial charge in [0.1, 0.15) is 0 Å². The number of aromatic nitrogens is 1. The number of pyridine rings is 1. The predicted molar refractivity (Wildman–Crippen MR) is 154 cm³/mol. The Bertz CT molecular complexity index is 1190. The van der Waals surface area contributed by atoms with Crippen LogP contribution in [0.4, 0.5) is 0 Å². The molecule has 0 spiro atoms. The summed E-state index contributed by atoms with van der Waals surface area (Å²) in [6.07, 6.45) is 12.1. The lowest BCUT2D eigenvalue weighted by Crippen LogP contribution is -2.22. The Kier molecular flexibility index (Phi) is 10.8. The molecular weight excluding hydrogens is 458 g/mol. The molecule has 0 radical (unpaired) electrons. The second-order valence-corrected chi connectivity index (χ2v) is 8.85. The molecule has 0 unspecified atom stereocenters. The zero-order valence-corrected chi connectivity index (χ0v) is 21.9. The molecule has 0 aliphatic rings. The van der Waals surface area contributed by atoms with E-state index in [4.69, 9.17) is 11.6 Å². The zero-order valence-electron chi connectivity index (χ0n) is 20.3. The Balaban J connectivity index is 0.00000199. The molecule has 34 heavy (non-hydrogen) atoms. The van der Waals surface area contributed by atoms with Crippen molar-refractivity contribution in [2.24, 2.45) is 0 Å². The number of aryl methyl sites for hydroxylation is 1. The Morgan fingerprint density at radius 1 is 1.03 bits per heavy atom. The van der Waals surface area contributed by atoms with E-state index in [0.717, 1.165) is 52.6 Å². The molecule has 4 heteroatoms. The smallest absolute Gasteiger partial charge is 0.0842 e. The molecule has 3 rings (SSSR count). The molecule has 1 aromatic heterocycles. The van der Waals surface area contributed by atoms with Crippen molar-refractivity contribution in [1.82, 2.24) is 4.98 Å². The van der Waals surface area contributed by atoms with E-state index in [9.17, 15) is 5.11 Å². The van der Waals surface area contributed by atoms with Gasteiger partial charge in [-0.1, -0.05) is 79.4 Å². The van der Waals surface area contributed by atoms with Crippen LogP contribution in [0.2, 0.25) is 5.02 Å². The van der Waals surface area contributed by atoms with Crippen LogP contribution in [0.3, 0.4) is 0 Å². The summed E-state index contributed by atoms with van der Waals surface area (Å²) < 4.78 is 0. The summed E-state index contributed by atoms with van der Waals surface area (Å²) in [6, 6.07) is 18.3. The highest BCUT2D eigenvalue weighted by Crippen LogP contribution is 2.25. The van der Waals surface area contributed by atoms with Crippen LogP contribution in [-0.4, -0.2) is 21.9 Å². The first-order valence-corrected chi connectivity index (χ1v) is 12.6. The molecule has 3 aromatic rings. The van der Waals surface area contributed by atoms with Gasteiger partial charge in [0.15, 0.2) is 0 Å². The van der Waals surface area contributed by atoms with Gasteiger partial charge in [-0.2, -0.15) is 12.6 Å². The second kappa shape index (κ2) is 13.3. The molecule has 1 heterocycles. The highest BCUT2D eigenvalue weighted by atomic mass is 35.5. The van der Waals surface area contributed by atoms with E-state index in [1.165, 1.54) is 5.56 Å². The Morgan fingerprint density at radius 2 is 1.76 bits per heavy atom. The fraction of sp³-hybridized carbons (Fsp3) is 0.233. The normalized spacial score (nSPS) is 12.2. The van der Waals surface area contributed by atoms with Crippen molar-refractivity contribution in [1.29, 1.82) is 0 Å². The first-order chi connectivity index (χ1) is 16.3. The van der Waals surface area contributed by atoms with Gasteiger partial charge in [-0.25, -0.2) is 4.98 Å². The van der Waals surface area contributed by atoms with Crippen LogP contribution in [-0.2, 0) is 6.42 Å². The van der Waals surface area contributed by atoms with E-state index in [2.05, 4.69) is 67.2 Å². The third-order valence-corrected chi connectivity index (χ3v) is 5.68. The van der Waals surface area contributed by atoms with E-state index >= 15 is 0 Å². The molecule has 178 valence electrons. The van der Waals surface area contributed by atoms with Gasteiger partial charge in [-0.05, 0) is 85.9 Å². The average Bonchev–Trinajstić information content (AvgIpc) is 2.82. The van der Waals surface area contributed by atoms with E-state index in [1.54, 1.807) is 26.2 Å². The standard InChI is InChI=1S/C29H30ClNO.CH4S/c1-5-23(27(6-2)29(3,4)32)12-8-11-21-9-7-10-22(19-21)13-17-26-18-15-24-14-16-25(30)20-28(24)31-26;1-2/h5-7,9-10,13-20,32H,1-2,8,11-12H2,3-4H3;2H,1H3/b17-13+,27-23-;. The monoisotopic (exact) mass is 491 g/mol. The van der Waals surface area contributed by atoms with Gasteiger partial charge in [0.25, 0.3) is 0 Å². The van der Waals surface area contributed by atoms with E-state index in [1.807, 2.05) is 36.4 Å². The highest BCUT2D eigenvalue weighted by Gasteiger charge is 2.19. The summed E-state index contributed by atoms with van der Waals surface area (Å²) in [5.74, 6) is 0. The fourth-order valence-corrected chi connectivity index (χ4v) is 4.00. The SMILES string of the molecule is C=C/C(CCCc1cccc(/C=C/c2ccc3ccc(Cl)cc3n2)c1)=C(\C=C)C(C)(C)O.CS.